The standard InChI is InChI=1S/C23H27FN2O4S/c1-31(28,29)26-22(27)19-9-18(15-2-3-15)21(10-20(19)24)30-12-23(11-25)16-5-13-4-14(7-16)8-17(23)6-13/h9-10,13-17H,2-8,12H2,1H3,(H,26,27). The first-order valence-corrected chi connectivity index (χ1v) is 13.0. The molecule has 0 aromatic heterocycles. The highest BCUT2D eigenvalue weighted by atomic mass is 32.2. The Kier molecular flexibility index (Phi) is 4.81. The molecule has 0 spiro atoms. The maximum atomic E-state index is 14.8. The Morgan fingerprint density at radius 1 is 1.19 bits per heavy atom. The Balaban J connectivity index is 1.41. The number of carbonyl (C=O) groups excluding carboxylic acids is 1. The average Bonchev–Trinajstić information content (AvgIpc) is 3.51. The normalized spacial score (nSPS) is 33.7. The van der Waals surface area contributed by atoms with E-state index in [0.29, 0.717) is 17.6 Å². The van der Waals surface area contributed by atoms with Crippen LogP contribution in [0.25, 0.3) is 0 Å². The van der Waals surface area contributed by atoms with Gasteiger partial charge >= 0.3 is 0 Å². The smallest absolute Gasteiger partial charge is 0.267 e. The highest BCUT2D eigenvalue weighted by Gasteiger charge is 2.58. The van der Waals surface area contributed by atoms with Gasteiger partial charge in [-0.3, -0.25) is 4.79 Å². The number of hydrogen-bond donors (Lipinski definition) is 1. The molecule has 166 valence electrons. The minimum atomic E-state index is -3.80. The Bertz CT molecular complexity index is 1050. The van der Waals surface area contributed by atoms with Gasteiger partial charge in [-0.1, -0.05) is 0 Å². The lowest BCUT2D eigenvalue weighted by Gasteiger charge is -2.58. The molecule has 31 heavy (non-hydrogen) atoms. The molecule has 6 nitrogen and oxygen atoms in total. The number of carbonyl (C=O) groups is 1. The molecule has 0 radical (unpaired) electrons. The summed E-state index contributed by atoms with van der Waals surface area (Å²) >= 11 is 0. The maximum Gasteiger partial charge on any atom is 0.267 e. The van der Waals surface area contributed by atoms with Crippen LogP contribution in [0.5, 0.6) is 5.75 Å². The summed E-state index contributed by atoms with van der Waals surface area (Å²) in [7, 11) is -3.80. The van der Waals surface area contributed by atoms with Crippen molar-refractivity contribution < 1.29 is 22.3 Å². The molecule has 0 saturated heterocycles. The van der Waals surface area contributed by atoms with Gasteiger partial charge in [0.15, 0.2) is 0 Å². The van der Waals surface area contributed by atoms with Crippen molar-refractivity contribution >= 4 is 15.9 Å². The van der Waals surface area contributed by atoms with Gasteiger partial charge in [0.2, 0.25) is 10.0 Å². The van der Waals surface area contributed by atoms with E-state index >= 15 is 0 Å². The van der Waals surface area contributed by atoms with E-state index in [0.717, 1.165) is 62.2 Å². The van der Waals surface area contributed by atoms with Gasteiger partial charge < -0.3 is 4.74 Å². The predicted octanol–water partition coefficient (Wildman–Crippen LogP) is 3.74. The summed E-state index contributed by atoms with van der Waals surface area (Å²) in [4.78, 5) is 12.2. The molecule has 8 heteroatoms. The second kappa shape index (κ2) is 7.19. The molecule has 5 saturated carbocycles. The number of nitrogens with one attached hydrogen (secondary N) is 1. The molecular weight excluding hydrogens is 419 g/mol. The van der Waals surface area contributed by atoms with Crippen molar-refractivity contribution in [3.8, 4) is 11.8 Å². The van der Waals surface area contributed by atoms with Gasteiger partial charge in [0.25, 0.3) is 5.91 Å². The molecular formula is C23H27FN2O4S. The Labute approximate surface area is 182 Å². The largest absolute Gasteiger partial charge is 0.491 e. The summed E-state index contributed by atoms with van der Waals surface area (Å²) in [5.74, 6) is 0.869. The Morgan fingerprint density at radius 3 is 2.32 bits per heavy atom. The highest BCUT2D eigenvalue weighted by molar-refractivity contribution is 7.89. The lowest BCUT2D eigenvalue weighted by Crippen LogP contribution is -2.54. The number of amides is 1. The van der Waals surface area contributed by atoms with Crippen molar-refractivity contribution in [3.63, 3.8) is 0 Å². The molecule has 0 aliphatic heterocycles. The van der Waals surface area contributed by atoms with E-state index in [9.17, 15) is 22.9 Å². The van der Waals surface area contributed by atoms with Gasteiger partial charge in [-0.05, 0) is 86.2 Å². The van der Waals surface area contributed by atoms with Gasteiger partial charge in [0.1, 0.15) is 18.2 Å². The van der Waals surface area contributed by atoms with Crippen LogP contribution >= 0.6 is 0 Å². The first-order chi connectivity index (χ1) is 14.7. The Hall–Kier alpha value is -2.14. The van der Waals surface area contributed by atoms with Gasteiger partial charge in [-0.2, -0.15) is 5.26 Å². The molecule has 6 rings (SSSR count). The molecule has 5 aliphatic rings. The van der Waals surface area contributed by atoms with Crippen LogP contribution < -0.4 is 9.46 Å². The molecule has 1 aromatic carbocycles. The monoisotopic (exact) mass is 446 g/mol. The molecule has 1 aromatic rings. The Morgan fingerprint density at radius 2 is 1.81 bits per heavy atom. The van der Waals surface area contributed by atoms with Gasteiger partial charge in [-0.25, -0.2) is 17.5 Å². The van der Waals surface area contributed by atoms with E-state index in [1.165, 1.54) is 18.6 Å². The fraction of sp³-hybridized carbons (Fsp3) is 0.652. The van der Waals surface area contributed by atoms with E-state index in [4.69, 9.17) is 4.74 Å². The number of halogens is 1. The molecule has 1 N–H and O–H groups in total. The summed E-state index contributed by atoms with van der Waals surface area (Å²) in [5.41, 5.74) is -0.113. The van der Waals surface area contributed by atoms with E-state index in [2.05, 4.69) is 6.07 Å². The summed E-state index contributed by atoms with van der Waals surface area (Å²) in [6, 6.07) is 5.22. The third-order valence-corrected chi connectivity index (χ3v) is 8.47. The quantitative estimate of drug-likeness (QED) is 0.718. The third kappa shape index (κ3) is 3.71. The van der Waals surface area contributed by atoms with Crippen molar-refractivity contribution in [2.45, 2.75) is 50.9 Å². The number of sulfonamides is 1. The zero-order valence-electron chi connectivity index (χ0n) is 17.6. The number of benzene rings is 1. The van der Waals surface area contributed by atoms with Crippen molar-refractivity contribution in [2.75, 3.05) is 12.9 Å². The van der Waals surface area contributed by atoms with Crippen LogP contribution in [-0.4, -0.2) is 27.2 Å². The molecule has 0 unspecified atom stereocenters. The van der Waals surface area contributed by atoms with Crippen LogP contribution in [0.4, 0.5) is 4.39 Å². The number of ether oxygens (including phenoxy) is 1. The van der Waals surface area contributed by atoms with Crippen LogP contribution in [0.3, 0.4) is 0 Å². The number of rotatable bonds is 6. The van der Waals surface area contributed by atoms with Crippen LogP contribution in [0.1, 0.15) is 66.8 Å². The van der Waals surface area contributed by atoms with Gasteiger partial charge in [-0.15, -0.1) is 0 Å². The number of hydrogen-bond acceptors (Lipinski definition) is 5. The van der Waals surface area contributed by atoms with E-state index < -0.39 is 27.2 Å². The minimum absolute atomic E-state index is 0.164. The predicted molar refractivity (Wildman–Crippen MR) is 111 cm³/mol. The van der Waals surface area contributed by atoms with Crippen LogP contribution in [0, 0.1) is 46.2 Å². The van der Waals surface area contributed by atoms with Crippen LogP contribution in [-0.2, 0) is 10.0 Å². The zero-order valence-corrected chi connectivity index (χ0v) is 18.4. The van der Waals surface area contributed by atoms with Crippen molar-refractivity contribution in [1.29, 1.82) is 5.26 Å². The lowest BCUT2D eigenvalue weighted by atomic mass is 9.46. The SMILES string of the molecule is CS(=O)(=O)NC(=O)c1cc(C2CC2)c(OCC2(C#N)C3CC4CC(C3)CC2C4)cc1F. The van der Waals surface area contributed by atoms with Crippen LogP contribution in [0.15, 0.2) is 12.1 Å². The van der Waals surface area contributed by atoms with Gasteiger partial charge in [0, 0.05) is 6.07 Å². The summed E-state index contributed by atoms with van der Waals surface area (Å²) in [6.45, 7) is 0.242. The molecule has 0 heterocycles. The topological polar surface area (TPSA) is 96.3 Å². The first-order valence-electron chi connectivity index (χ1n) is 11.1. The molecule has 1 amide bonds. The molecule has 0 atom stereocenters. The minimum Gasteiger partial charge on any atom is -0.491 e. The van der Waals surface area contributed by atoms with Crippen molar-refractivity contribution in [2.24, 2.45) is 29.1 Å². The molecule has 4 bridgehead atoms. The second-order valence-corrected chi connectivity index (χ2v) is 11.8. The second-order valence-electron chi connectivity index (χ2n) is 10.1. The van der Waals surface area contributed by atoms with E-state index in [1.54, 1.807) is 0 Å². The lowest BCUT2D eigenvalue weighted by molar-refractivity contribution is -0.0943. The highest BCUT2D eigenvalue weighted by Crippen LogP contribution is 2.62. The van der Waals surface area contributed by atoms with E-state index in [-0.39, 0.29) is 18.1 Å². The maximum absolute atomic E-state index is 14.8. The number of nitrogens with zero attached hydrogens (tertiary/aromatic N) is 1. The fourth-order valence-corrected chi connectivity index (χ4v) is 6.93. The summed E-state index contributed by atoms with van der Waals surface area (Å²) in [6.07, 6.45) is 8.30. The summed E-state index contributed by atoms with van der Waals surface area (Å²) in [5, 5.41) is 10.2. The molecule has 5 fully saturated rings. The van der Waals surface area contributed by atoms with Crippen molar-refractivity contribution in [3.05, 3.63) is 29.1 Å². The summed E-state index contributed by atoms with van der Waals surface area (Å²) < 4.78 is 45.5. The zero-order chi connectivity index (χ0) is 22.0. The fourth-order valence-electron chi connectivity index (χ4n) is 6.48. The van der Waals surface area contributed by atoms with Gasteiger partial charge in [0.05, 0.1) is 23.3 Å². The molecule has 5 aliphatic carbocycles. The average molecular weight is 447 g/mol. The van der Waals surface area contributed by atoms with E-state index in [1.807, 2.05) is 4.72 Å². The number of nitriles is 1. The van der Waals surface area contributed by atoms with Crippen LogP contribution in [0.2, 0.25) is 0 Å². The van der Waals surface area contributed by atoms with Crippen molar-refractivity contribution in [1.82, 2.24) is 4.72 Å². The first kappa shape index (κ1) is 20.7. The third-order valence-electron chi connectivity index (χ3n) is 7.91.